The van der Waals surface area contributed by atoms with E-state index in [-0.39, 0.29) is 24.8 Å². The molecule has 2 bridgehead atoms. The molecule has 3 atom stereocenters. The lowest BCUT2D eigenvalue weighted by molar-refractivity contribution is -0.174. The highest BCUT2D eigenvalue weighted by Crippen LogP contribution is 2.82. The summed E-state index contributed by atoms with van der Waals surface area (Å²) >= 11 is 11.4. The van der Waals surface area contributed by atoms with Gasteiger partial charge in [0, 0.05) is 36.4 Å². The normalized spacial score (nSPS) is 42.2. The van der Waals surface area contributed by atoms with Crippen LogP contribution in [0.5, 0.6) is 0 Å². The van der Waals surface area contributed by atoms with Crippen molar-refractivity contribution in [2.75, 3.05) is 33.2 Å². The molecule has 21 heavy (non-hydrogen) atoms. The number of carbonyl (C=O) groups is 1. The molecule has 0 N–H and O–H groups in total. The van der Waals surface area contributed by atoms with Crippen molar-refractivity contribution in [2.45, 2.75) is 35.3 Å². The van der Waals surface area contributed by atoms with Crippen molar-refractivity contribution in [3.05, 3.63) is 0 Å². The zero-order valence-electron chi connectivity index (χ0n) is 12.8. The van der Waals surface area contributed by atoms with Crippen LogP contribution < -0.4 is 0 Å². The van der Waals surface area contributed by atoms with Gasteiger partial charge in [-0.2, -0.15) is 0 Å². The van der Waals surface area contributed by atoms with Crippen LogP contribution in [-0.2, 0) is 4.79 Å². The van der Waals surface area contributed by atoms with Crippen LogP contribution in [-0.4, -0.2) is 57.5 Å². The van der Waals surface area contributed by atoms with Crippen molar-refractivity contribution in [3.63, 3.8) is 0 Å². The first kappa shape index (κ1) is 16.7. The molecule has 1 heterocycles. The number of fused-ring (bicyclic) bond motifs is 1. The second kappa shape index (κ2) is 5.18. The van der Waals surface area contributed by atoms with Crippen LogP contribution in [0.3, 0.4) is 0 Å². The number of rotatable bonds is 2. The van der Waals surface area contributed by atoms with Gasteiger partial charge in [0.15, 0.2) is 0 Å². The summed E-state index contributed by atoms with van der Waals surface area (Å²) in [4.78, 5) is 18.0. The highest BCUT2D eigenvalue weighted by atomic mass is 79.9. The number of hydrogen-bond acceptors (Lipinski definition) is 2. The van der Waals surface area contributed by atoms with Gasteiger partial charge in [0.1, 0.15) is 0 Å². The van der Waals surface area contributed by atoms with Gasteiger partial charge in [0.2, 0.25) is 5.91 Å². The number of nitrogens with zero attached hydrogens (tertiary/aromatic N) is 2. The molecule has 3 aliphatic carbocycles. The molecule has 4 aliphatic rings. The third-order valence-electron chi connectivity index (χ3n) is 6.66. The standard InChI is InChI=1S/C15H23Br3N2O/c1-13(2)14(11(17)18)4-5-15(13,10(14)16)12(21)20-8-6-19(3)7-9-20/h10-11H,4-9H2,1-3H3/t10-,14-,15-/m1/s1. The van der Waals surface area contributed by atoms with E-state index in [0.29, 0.717) is 5.91 Å². The molecule has 1 aliphatic heterocycles. The predicted octanol–water partition coefficient (Wildman–Crippen LogP) is 3.45. The van der Waals surface area contributed by atoms with Crippen molar-refractivity contribution < 1.29 is 4.79 Å². The second-order valence-corrected chi connectivity index (χ2v) is 11.4. The molecule has 120 valence electrons. The van der Waals surface area contributed by atoms with Crippen LogP contribution in [0.25, 0.3) is 0 Å². The smallest absolute Gasteiger partial charge is 0.230 e. The van der Waals surface area contributed by atoms with E-state index < -0.39 is 0 Å². The highest BCUT2D eigenvalue weighted by molar-refractivity contribution is 9.24. The van der Waals surface area contributed by atoms with Gasteiger partial charge in [0.05, 0.1) is 9.15 Å². The van der Waals surface area contributed by atoms with E-state index in [9.17, 15) is 4.79 Å². The number of amides is 1. The van der Waals surface area contributed by atoms with Gasteiger partial charge in [-0.05, 0) is 25.3 Å². The average molecular weight is 487 g/mol. The fraction of sp³-hybridized carbons (Fsp3) is 0.933. The largest absolute Gasteiger partial charge is 0.340 e. The molecule has 0 spiro atoms. The molecule has 3 nitrogen and oxygen atoms in total. The summed E-state index contributed by atoms with van der Waals surface area (Å²) < 4.78 is 0.243. The van der Waals surface area contributed by atoms with E-state index >= 15 is 0 Å². The van der Waals surface area contributed by atoms with Crippen LogP contribution in [0.2, 0.25) is 0 Å². The maximum atomic E-state index is 13.3. The third-order valence-corrected chi connectivity index (χ3v) is 9.89. The lowest BCUT2D eigenvalue weighted by atomic mass is 9.43. The van der Waals surface area contributed by atoms with E-state index in [1.807, 2.05) is 0 Å². The van der Waals surface area contributed by atoms with E-state index in [1.165, 1.54) is 0 Å². The Morgan fingerprint density at radius 3 is 2.14 bits per heavy atom. The predicted molar refractivity (Wildman–Crippen MR) is 96.3 cm³/mol. The minimum absolute atomic E-state index is 0.00622. The SMILES string of the molecule is CN1CCN(C(=O)[C@@]23CC[C@](C(Br)Br)([C@H]2Br)C3(C)C)CC1. The maximum absolute atomic E-state index is 13.3. The molecule has 3 saturated carbocycles. The van der Waals surface area contributed by atoms with Gasteiger partial charge in [-0.15, -0.1) is 0 Å². The molecular formula is C15H23Br3N2O. The molecule has 0 aromatic rings. The Balaban J connectivity index is 1.88. The molecule has 0 unspecified atom stereocenters. The minimum atomic E-state index is -0.233. The quantitative estimate of drug-likeness (QED) is 0.558. The van der Waals surface area contributed by atoms with Gasteiger partial charge < -0.3 is 9.80 Å². The summed E-state index contributed by atoms with van der Waals surface area (Å²) in [5, 5.41) is 0. The van der Waals surface area contributed by atoms with Crippen LogP contribution in [0, 0.1) is 16.2 Å². The number of piperazine rings is 1. The third kappa shape index (κ3) is 1.82. The van der Waals surface area contributed by atoms with Gasteiger partial charge in [-0.1, -0.05) is 61.6 Å². The van der Waals surface area contributed by atoms with Crippen LogP contribution in [0.1, 0.15) is 26.7 Å². The molecule has 6 heteroatoms. The fourth-order valence-electron chi connectivity index (χ4n) is 4.96. The number of alkyl halides is 3. The Hall–Kier alpha value is 0.870. The molecule has 1 saturated heterocycles. The number of hydrogen-bond donors (Lipinski definition) is 0. The van der Waals surface area contributed by atoms with Crippen molar-refractivity contribution >= 4 is 53.7 Å². The lowest BCUT2D eigenvalue weighted by Crippen LogP contribution is -2.72. The van der Waals surface area contributed by atoms with E-state index in [2.05, 4.69) is 78.5 Å². The topological polar surface area (TPSA) is 23.6 Å². The van der Waals surface area contributed by atoms with E-state index in [0.717, 1.165) is 39.0 Å². The molecule has 1 amide bonds. The highest BCUT2D eigenvalue weighted by Gasteiger charge is 2.83. The summed E-state index contributed by atoms with van der Waals surface area (Å²) in [6, 6.07) is 0. The Morgan fingerprint density at radius 1 is 1.14 bits per heavy atom. The summed E-state index contributed by atoms with van der Waals surface area (Å²) in [7, 11) is 2.13. The molecule has 0 aromatic heterocycles. The van der Waals surface area contributed by atoms with Gasteiger partial charge >= 0.3 is 0 Å². The number of likely N-dealkylation sites (N-methyl/N-ethyl adjacent to an activating group) is 1. The minimum Gasteiger partial charge on any atom is -0.340 e. The molecular weight excluding hydrogens is 464 g/mol. The van der Waals surface area contributed by atoms with Crippen molar-refractivity contribution in [1.82, 2.24) is 9.80 Å². The van der Waals surface area contributed by atoms with Crippen molar-refractivity contribution in [1.29, 1.82) is 0 Å². The average Bonchev–Trinajstić information content (AvgIpc) is 2.88. The zero-order valence-corrected chi connectivity index (χ0v) is 17.6. The maximum Gasteiger partial charge on any atom is 0.230 e. The zero-order chi connectivity index (χ0) is 15.6. The van der Waals surface area contributed by atoms with E-state index in [1.54, 1.807) is 0 Å². The summed E-state index contributed by atoms with van der Waals surface area (Å²) in [6.07, 6.45) is 2.09. The van der Waals surface area contributed by atoms with Gasteiger partial charge in [0.25, 0.3) is 0 Å². The van der Waals surface area contributed by atoms with Crippen molar-refractivity contribution in [3.8, 4) is 0 Å². The first-order valence-corrected chi connectivity index (χ1v) is 10.4. The Bertz CT molecular complexity index is 462. The van der Waals surface area contributed by atoms with Crippen LogP contribution >= 0.6 is 47.8 Å². The first-order chi connectivity index (χ1) is 9.71. The Morgan fingerprint density at radius 2 is 1.71 bits per heavy atom. The summed E-state index contributed by atoms with van der Waals surface area (Å²) in [6.45, 7) is 8.26. The number of carbonyl (C=O) groups excluding carboxylic acids is 1. The molecule has 4 rings (SSSR count). The van der Waals surface area contributed by atoms with Gasteiger partial charge in [-0.3, -0.25) is 4.79 Å². The summed E-state index contributed by atoms with van der Waals surface area (Å²) in [5.41, 5.74) is -0.107. The molecule has 0 radical (unpaired) electrons. The van der Waals surface area contributed by atoms with Crippen LogP contribution in [0.4, 0.5) is 0 Å². The first-order valence-electron chi connectivity index (χ1n) is 7.62. The Kier molecular flexibility index (Phi) is 4.13. The van der Waals surface area contributed by atoms with Crippen LogP contribution in [0.15, 0.2) is 0 Å². The monoisotopic (exact) mass is 484 g/mol. The van der Waals surface area contributed by atoms with Gasteiger partial charge in [-0.25, -0.2) is 0 Å². The van der Waals surface area contributed by atoms with Crippen molar-refractivity contribution in [2.24, 2.45) is 16.2 Å². The Labute approximate surface area is 152 Å². The lowest BCUT2D eigenvalue weighted by Gasteiger charge is -2.66. The molecule has 4 fully saturated rings. The molecule has 0 aromatic carbocycles. The van der Waals surface area contributed by atoms with E-state index in [4.69, 9.17) is 0 Å². The summed E-state index contributed by atoms with van der Waals surface area (Å²) in [5.74, 6) is 0.372. The number of halogens is 3. The fourth-order valence-corrected chi connectivity index (χ4v) is 9.86. The second-order valence-electron chi connectivity index (χ2n) is 7.40.